The number of amides is 1. The molecule has 0 aromatic heterocycles. The summed E-state index contributed by atoms with van der Waals surface area (Å²) in [4.78, 5) is 24.6. The first kappa shape index (κ1) is 89.3. The first-order chi connectivity index (χ1) is 45.0. The van der Waals surface area contributed by atoms with Crippen LogP contribution in [0.25, 0.3) is 0 Å². The smallest absolute Gasteiger partial charge is 0.305 e. The minimum atomic E-state index is -0.664. The number of unbranched alkanes of at least 4 members (excludes halogenated alkanes) is 65. The molecule has 540 valence electrons. The zero-order chi connectivity index (χ0) is 65.6. The van der Waals surface area contributed by atoms with Crippen LogP contribution in [0.2, 0.25) is 0 Å². The summed E-state index contributed by atoms with van der Waals surface area (Å²) in [6, 6.07) is -0.541. The molecule has 0 aromatic rings. The van der Waals surface area contributed by atoms with Crippen LogP contribution in [0, 0.1) is 0 Å². The van der Waals surface area contributed by atoms with E-state index in [0.717, 1.165) is 44.9 Å². The normalized spacial score (nSPS) is 12.5. The molecule has 0 aliphatic carbocycles. The van der Waals surface area contributed by atoms with Crippen molar-refractivity contribution in [3.63, 3.8) is 0 Å². The summed E-state index contributed by atoms with van der Waals surface area (Å²) >= 11 is 0. The van der Waals surface area contributed by atoms with Crippen molar-refractivity contribution in [2.75, 3.05) is 13.2 Å². The number of carbonyl (C=O) groups is 2. The quantitative estimate of drug-likeness (QED) is 0.0320. The summed E-state index contributed by atoms with van der Waals surface area (Å²) in [7, 11) is 0. The van der Waals surface area contributed by atoms with Gasteiger partial charge in [0.1, 0.15) is 0 Å². The molecule has 1 amide bonds. The van der Waals surface area contributed by atoms with Gasteiger partial charge in [0.25, 0.3) is 0 Å². The number of aliphatic hydroxyl groups is 2. The monoisotopic (exact) mass is 1280 g/mol. The van der Waals surface area contributed by atoms with Crippen molar-refractivity contribution in [3.05, 3.63) is 24.3 Å². The van der Waals surface area contributed by atoms with Crippen LogP contribution in [-0.4, -0.2) is 47.4 Å². The summed E-state index contributed by atoms with van der Waals surface area (Å²) in [5.74, 6) is -0.00471. The van der Waals surface area contributed by atoms with Gasteiger partial charge >= 0.3 is 5.97 Å². The highest BCUT2D eigenvalue weighted by Crippen LogP contribution is 2.21. The molecule has 2 atom stereocenters. The molecule has 0 fully saturated rings. The molecular formula is C85H165NO5. The highest BCUT2D eigenvalue weighted by atomic mass is 16.5. The first-order valence-corrected chi connectivity index (χ1v) is 42.1. The van der Waals surface area contributed by atoms with Crippen LogP contribution in [0.1, 0.15) is 483 Å². The predicted octanol–water partition coefficient (Wildman–Crippen LogP) is 28.0. The van der Waals surface area contributed by atoms with Crippen molar-refractivity contribution in [2.24, 2.45) is 0 Å². The number of allylic oxidation sites excluding steroid dienone is 4. The van der Waals surface area contributed by atoms with Crippen molar-refractivity contribution in [1.29, 1.82) is 0 Å². The van der Waals surface area contributed by atoms with Crippen molar-refractivity contribution >= 4 is 11.9 Å². The zero-order valence-electron chi connectivity index (χ0n) is 62.1. The van der Waals surface area contributed by atoms with Gasteiger partial charge < -0.3 is 20.3 Å². The number of aliphatic hydroxyl groups excluding tert-OH is 2. The minimum absolute atomic E-state index is 0.0214. The van der Waals surface area contributed by atoms with Crippen LogP contribution in [0.15, 0.2) is 24.3 Å². The highest BCUT2D eigenvalue weighted by Gasteiger charge is 2.20. The summed E-state index contributed by atoms with van der Waals surface area (Å²) in [5.41, 5.74) is 0. The molecule has 0 aliphatic rings. The third kappa shape index (κ3) is 77.2. The van der Waals surface area contributed by atoms with E-state index >= 15 is 0 Å². The number of rotatable bonds is 80. The third-order valence-electron chi connectivity index (χ3n) is 20.0. The van der Waals surface area contributed by atoms with Crippen LogP contribution >= 0.6 is 0 Å². The van der Waals surface area contributed by atoms with Gasteiger partial charge in [-0.3, -0.25) is 9.59 Å². The molecule has 0 bridgehead atoms. The van der Waals surface area contributed by atoms with Gasteiger partial charge in [-0.15, -0.1) is 0 Å². The SMILES string of the molecule is CCCCCCCCCCCCCCCCCCCCCCCCCCC(O)C(CO)NC(=O)CCCCCCCCCCCCCCCCCCC/C=C\C/C=C\CCCCCCCCCCCCCCCOC(=O)CCCCCCCCCCCCCCC. The Bertz CT molecular complexity index is 1430. The van der Waals surface area contributed by atoms with E-state index in [1.165, 1.54) is 405 Å². The van der Waals surface area contributed by atoms with Gasteiger partial charge in [0, 0.05) is 12.8 Å². The maximum absolute atomic E-state index is 12.6. The van der Waals surface area contributed by atoms with Crippen LogP contribution in [0.3, 0.4) is 0 Å². The second-order valence-electron chi connectivity index (χ2n) is 29.2. The summed E-state index contributed by atoms with van der Waals surface area (Å²) < 4.78 is 5.50. The first-order valence-electron chi connectivity index (χ1n) is 42.1. The van der Waals surface area contributed by atoms with E-state index in [9.17, 15) is 19.8 Å². The zero-order valence-corrected chi connectivity index (χ0v) is 62.1. The average Bonchev–Trinajstić information content (AvgIpc) is 3.61. The maximum atomic E-state index is 12.6. The summed E-state index contributed by atoms with van der Waals surface area (Å²) in [6.45, 7) is 5.01. The van der Waals surface area contributed by atoms with Crippen molar-refractivity contribution in [3.8, 4) is 0 Å². The molecule has 2 unspecified atom stereocenters. The Kier molecular flexibility index (Phi) is 79.3. The van der Waals surface area contributed by atoms with E-state index in [0.29, 0.717) is 25.9 Å². The van der Waals surface area contributed by atoms with Crippen molar-refractivity contribution < 1.29 is 24.5 Å². The van der Waals surface area contributed by atoms with Crippen molar-refractivity contribution in [2.45, 2.75) is 495 Å². The van der Waals surface area contributed by atoms with Crippen LogP contribution in [0.4, 0.5) is 0 Å². The Balaban J connectivity index is 3.36. The van der Waals surface area contributed by atoms with Crippen LogP contribution < -0.4 is 5.32 Å². The Hall–Kier alpha value is -1.66. The molecule has 0 spiro atoms. The molecule has 0 rings (SSSR count). The largest absolute Gasteiger partial charge is 0.466 e. The molecule has 0 saturated heterocycles. The molecule has 0 heterocycles. The lowest BCUT2D eigenvalue weighted by Gasteiger charge is -2.22. The topological polar surface area (TPSA) is 95.9 Å². The Morgan fingerprint density at radius 3 is 0.835 bits per heavy atom. The summed E-state index contributed by atoms with van der Waals surface area (Å²) in [5, 5.41) is 23.5. The standard InChI is InChI=1S/C85H165NO5/c1-3-5-7-9-11-13-15-17-18-19-20-21-22-38-41-44-47-50-54-57-61-65-69-73-77-83(88)82(81-87)86-84(89)78-74-70-66-62-58-55-51-48-45-42-39-36-34-32-30-28-26-24-23-25-27-29-31-33-35-37-40-43-46-49-52-56-60-64-68-72-76-80-91-85(90)79-75-71-67-63-59-53-16-14-12-10-8-6-4-2/h23,25,29,31,82-83,87-88H,3-22,24,26-28,30,32-81H2,1-2H3,(H,86,89)/b25-23-,31-29-. The van der Waals surface area contributed by atoms with Crippen molar-refractivity contribution in [1.82, 2.24) is 5.32 Å². The lowest BCUT2D eigenvalue weighted by atomic mass is 10.0. The van der Waals surface area contributed by atoms with E-state index in [1.807, 2.05) is 0 Å². The van der Waals surface area contributed by atoms with E-state index in [1.54, 1.807) is 0 Å². The summed E-state index contributed by atoms with van der Waals surface area (Å²) in [6.07, 6.45) is 104. The van der Waals surface area contributed by atoms with E-state index < -0.39 is 12.1 Å². The average molecular weight is 1280 g/mol. The fourth-order valence-electron chi connectivity index (χ4n) is 13.6. The van der Waals surface area contributed by atoms with Gasteiger partial charge in [0.15, 0.2) is 0 Å². The molecule has 0 radical (unpaired) electrons. The molecule has 0 aromatic carbocycles. The van der Waals surface area contributed by atoms with Gasteiger partial charge in [0.05, 0.1) is 25.4 Å². The number of hydrogen-bond acceptors (Lipinski definition) is 5. The number of carbonyl (C=O) groups excluding carboxylic acids is 2. The lowest BCUT2D eigenvalue weighted by Crippen LogP contribution is -2.45. The third-order valence-corrected chi connectivity index (χ3v) is 20.0. The molecule has 6 heteroatoms. The molecule has 91 heavy (non-hydrogen) atoms. The molecule has 3 N–H and O–H groups in total. The van der Waals surface area contributed by atoms with Gasteiger partial charge in [-0.05, 0) is 57.8 Å². The Labute approximate surface area is 571 Å². The van der Waals surface area contributed by atoms with E-state index in [4.69, 9.17) is 4.74 Å². The second-order valence-corrected chi connectivity index (χ2v) is 29.2. The second kappa shape index (κ2) is 80.8. The fourth-order valence-corrected chi connectivity index (χ4v) is 13.6. The van der Waals surface area contributed by atoms with Gasteiger partial charge in [0.2, 0.25) is 5.91 Å². The highest BCUT2D eigenvalue weighted by molar-refractivity contribution is 5.76. The lowest BCUT2D eigenvalue weighted by molar-refractivity contribution is -0.143. The van der Waals surface area contributed by atoms with Gasteiger partial charge in [-0.2, -0.15) is 0 Å². The van der Waals surface area contributed by atoms with E-state index in [2.05, 4.69) is 43.5 Å². The van der Waals surface area contributed by atoms with Crippen LogP contribution in [0.5, 0.6) is 0 Å². The van der Waals surface area contributed by atoms with Crippen LogP contribution in [-0.2, 0) is 14.3 Å². The Morgan fingerprint density at radius 2 is 0.549 bits per heavy atom. The van der Waals surface area contributed by atoms with Gasteiger partial charge in [-0.1, -0.05) is 436 Å². The van der Waals surface area contributed by atoms with Gasteiger partial charge in [-0.25, -0.2) is 0 Å². The number of esters is 1. The Morgan fingerprint density at radius 1 is 0.308 bits per heavy atom. The predicted molar refractivity (Wildman–Crippen MR) is 403 cm³/mol. The number of ether oxygens (including phenoxy) is 1. The minimum Gasteiger partial charge on any atom is -0.466 e. The molecule has 6 nitrogen and oxygen atoms in total. The fraction of sp³-hybridized carbons (Fsp3) is 0.929. The molecule has 0 aliphatic heterocycles. The number of nitrogens with one attached hydrogen (secondary N) is 1. The van der Waals surface area contributed by atoms with E-state index in [-0.39, 0.29) is 18.5 Å². The maximum Gasteiger partial charge on any atom is 0.305 e. The molecule has 0 saturated carbocycles. The number of hydrogen-bond donors (Lipinski definition) is 3. The molecular weight excluding hydrogens is 1110 g/mol.